The molecule has 1 aliphatic rings. The molecule has 45 heavy (non-hydrogen) atoms. The molecule has 3 aromatic heterocycles. The van der Waals surface area contributed by atoms with E-state index in [0.717, 1.165) is 16.7 Å². The number of nitrogens with zero attached hydrogens (tertiary/aromatic N) is 4. The lowest BCUT2D eigenvalue weighted by Crippen LogP contribution is -2.17. The number of rotatable bonds is 4. The lowest BCUT2D eigenvalue weighted by Gasteiger charge is -2.26. The van der Waals surface area contributed by atoms with Crippen molar-refractivity contribution in [1.29, 1.82) is 0 Å². The molecular weight excluding hydrogens is 569 g/mol. The lowest BCUT2D eigenvalue weighted by atomic mass is 9.92. The first-order valence-corrected chi connectivity index (χ1v) is 16.1. The summed E-state index contributed by atoms with van der Waals surface area (Å²) in [6.45, 7) is 2.30. The van der Waals surface area contributed by atoms with Crippen LogP contribution in [0.25, 0.3) is 70.3 Å². The summed E-state index contributed by atoms with van der Waals surface area (Å²) in [7, 11) is 0. The predicted octanol–water partition coefficient (Wildman–Crippen LogP) is 10.5. The van der Waals surface area contributed by atoms with E-state index in [1.807, 2.05) is 72.0 Å². The molecule has 0 aliphatic heterocycles. The predicted molar refractivity (Wildman–Crippen MR) is 188 cm³/mol. The first-order valence-electron chi connectivity index (χ1n) is 15.3. The standard InChI is InChI=1S/C40H28N4S/c1-25-24-28(40-42-38(26-12-4-2-5-13-26)41-39(43-40)27-14-6-3-7-15-27)20-21-31(25)44-32-18-10-8-16-29(32)36-33(44)22-23-35-37(36)30-17-9-11-19-34(30)45-35/h2-25,31H,1H3. The number of hydrogen-bond donors (Lipinski definition) is 0. The van der Waals surface area contributed by atoms with E-state index < -0.39 is 0 Å². The molecule has 214 valence electrons. The van der Waals surface area contributed by atoms with E-state index in [9.17, 15) is 0 Å². The van der Waals surface area contributed by atoms with Crippen LogP contribution in [-0.4, -0.2) is 19.5 Å². The van der Waals surface area contributed by atoms with Gasteiger partial charge in [0.25, 0.3) is 0 Å². The van der Waals surface area contributed by atoms with Crippen LogP contribution >= 0.6 is 11.3 Å². The van der Waals surface area contributed by atoms with Crippen molar-refractivity contribution in [3.63, 3.8) is 0 Å². The second kappa shape index (κ2) is 10.4. The maximum absolute atomic E-state index is 4.98. The Balaban J connectivity index is 1.19. The summed E-state index contributed by atoms with van der Waals surface area (Å²) in [5.74, 6) is 2.25. The maximum atomic E-state index is 4.98. The molecule has 0 bridgehead atoms. The minimum atomic E-state index is 0.141. The summed E-state index contributed by atoms with van der Waals surface area (Å²) in [5, 5.41) is 5.33. The van der Waals surface area contributed by atoms with Crippen molar-refractivity contribution in [2.75, 3.05) is 0 Å². The van der Waals surface area contributed by atoms with Gasteiger partial charge in [0.2, 0.25) is 0 Å². The van der Waals surface area contributed by atoms with Crippen LogP contribution in [0.15, 0.2) is 140 Å². The Bertz CT molecular complexity index is 2390. The molecule has 5 heteroatoms. The average Bonchev–Trinajstić information content (AvgIpc) is 3.64. The van der Waals surface area contributed by atoms with Gasteiger partial charge in [0.05, 0.1) is 11.6 Å². The maximum Gasteiger partial charge on any atom is 0.164 e. The molecule has 4 nitrogen and oxygen atoms in total. The van der Waals surface area contributed by atoms with E-state index in [1.54, 1.807) is 0 Å². The molecule has 0 saturated carbocycles. The summed E-state index contributed by atoms with van der Waals surface area (Å²) >= 11 is 1.88. The molecular formula is C40H28N4S. The number of thiophene rings is 1. The fourth-order valence-electron chi connectivity index (χ4n) is 6.85. The lowest BCUT2D eigenvalue weighted by molar-refractivity contribution is 0.511. The molecule has 0 saturated heterocycles. The van der Waals surface area contributed by atoms with Gasteiger partial charge < -0.3 is 4.57 Å². The highest BCUT2D eigenvalue weighted by Gasteiger charge is 2.26. The highest BCUT2D eigenvalue weighted by atomic mass is 32.1. The SMILES string of the molecule is CC1C=C(c2nc(-c3ccccc3)nc(-c3ccccc3)n2)C=CC1n1c2ccccc2c2c3c(ccc21)sc1ccccc13. The van der Waals surface area contributed by atoms with Crippen molar-refractivity contribution >= 4 is 58.9 Å². The third kappa shape index (κ3) is 4.23. The molecule has 5 aromatic carbocycles. The van der Waals surface area contributed by atoms with E-state index in [4.69, 9.17) is 15.0 Å². The Morgan fingerprint density at radius 1 is 0.556 bits per heavy atom. The molecule has 1 aliphatic carbocycles. The highest BCUT2D eigenvalue weighted by molar-refractivity contribution is 7.26. The molecule has 0 N–H and O–H groups in total. The summed E-state index contributed by atoms with van der Waals surface area (Å²) in [5.41, 5.74) is 5.49. The van der Waals surface area contributed by atoms with Gasteiger partial charge in [-0.05, 0) is 30.2 Å². The Morgan fingerprint density at radius 3 is 1.89 bits per heavy atom. The van der Waals surface area contributed by atoms with Gasteiger partial charge in [0, 0.05) is 53.2 Å². The van der Waals surface area contributed by atoms with Gasteiger partial charge in [-0.3, -0.25) is 0 Å². The van der Waals surface area contributed by atoms with E-state index in [-0.39, 0.29) is 12.0 Å². The number of hydrogen-bond acceptors (Lipinski definition) is 4. The Labute approximate surface area is 264 Å². The summed E-state index contributed by atoms with van der Waals surface area (Å²) in [4.78, 5) is 14.8. The molecule has 8 aromatic rings. The first-order chi connectivity index (χ1) is 22.2. The van der Waals surface area contributed by atoms with E-state index in [0.29, 0.717) is 17.5 Å². The Hall–Kier alpha value is -5.39. The monoisotopic (exact) mass is 596 g/mol. The average molecular weight is 597 g/mol. The normalized spacial score (nSPS) is 16.6. The van der Waals surface area contributed by atoms with Gasteiger partial charge in [-0.15, -0.1) is 11.3 Å². The summed E-state index contributed by atoms with van der Waals surface area (Å²) < 4.78 is 5.19. The second-order valence-corrected chi connectivity index (χ2v) is 12.8. The Kier molecular flexibility index (Phi) is 6.00. The van der Waals surface area contributed by atoms with Gasteiger partial charge in [0.1, 0.15) is 0 Å². The van der Waals surface area contributed by atoms with Crippen molar-refractivity contribution in [1.82, 2.24) is 19.5 Å². The van der Waals surface area contributed by atoms with Crippen LogP contribution < -0.4 is 0 Å². The third-order valence-corrected chi connectivity index (χ3v) is 10.1. The number of fused-ring (bicyclic) bond motifs is 7. The molecule has 0 fully saturated rings. The fourth-order valence-corrected chi connectivity index (χ4v) is 7.96. The van der Waals surface area contributed by atoms with Crippen LogP contribution in [0.4, 0.5) is 0 Å². The van der Waals surface area contributed by atoms with Crippen molar-refractivity contribution in [3.8, 4) is 22.8 Å². The van der Waals surface area contributed by atoms with Crippen LogP contribution in [0.2, 0.25) is 0 Å². The summed E-state index contributed by atoms with van der Waals surface area (Å²) in [6, 6.07) is 42.7. The van der Waals surface area contributed by atoms with Crippen LogP contribution in [0.1, 0.15) is 18.8 Å². The van der Waals surface area contributed by atoms with Crippen molar-refractivity contribution < 1.29 is 0 Å². The first kappa shape index (κ1) is 26.1. The minimum absolute atomic E-state index is 0.141. The molecule has 0 amide bonds. The molecule has 2 atom stereocenters. The molecule has 9 rings (SSSR count). The second-order valence-electron chi connectivity index (χ2n) is 11.7. The fraction of sp³-hybridized carbons (Fsp3) is 0.0750. The van der Waals surface area contributed by atoms with Crippen molar-refractivity contribution in [3.05, 3.63) is 145 Å². The van der Waals surface area contributed by atoms with Crippen molar-refractivity contribution in [2.45, 2.75) is 13.0 Å². The molecule has 0 radical (unpaired) electrons. The number of aromatic nitrogens is 4. The highest BCUT2D eigenvalue weighted by Crippen LogP contribution is 2.45. The van der Waals surface area contributed by atoms with Crippen LogP contribution in [0.5, 0.6) is 0 Å². The van der Waals surface area contributed by atoms with Gasteiger partial charge in [-0.1, -0.05) is 122 Å². The van der Waals surface area contributed by atoms with Crippen molar-refractivity contribution in [2.24, 2.45) is 5.92 Å². The zero-order valence-electron chi connectivity index (χ0n) is 24.6. The molecule has 0 spiro atoms. The van der Waals surface area contributed by atoms with E-state index >= 15 is 0 Å². The van der Waals surface area contributed by atoms with Crippen LogP contribution in [-0.2, 0) is 0 Å². The Morgan fingerprint density at radius 2 is 1.18 bits per heavy atom. The largest absolute Gasteiger partial charge is 0.333 e. The van der Waals surface area contributed by atoms with E-state index in [2.05, 4.69) is 90.4 Å². The van der Waals surface area contributed by atoms with Gasteiger partial charge >= 0.3 is 0 Å². The van der Waals surface area contributed by atoms with Crippen LogP contribution in [0, 0.1) is 5.92 Å². The summed E-state index contributed by atoms with van der Waals surface area (Å²) in [6.07, 6.45) is 6.85. The van der Waals surface area contributed by atoms with Gasteiger partial charge in [-0.2, -0.15) is 0 Å². The molecule has 2 unspecified atom stereocenters. The molecule has 3 heterocycles. The van der Waals surface area contributed by atoms with E-state index in [1.165, 1.54) is 42.0 Å². The third-order valence-electron chi connectivity index (χ3n) is 8.92. The van der Waals surface area contributed by atoms with Gasteiger partial charge in [-0.25, -0.2) is 15.0 Å². The number of allylic oxidation sites excluding steroid dienone is 4. The number of benzene rings is 5. The zero-order valence-corrected chi connectivity index (χ0v) is 25.4. The van der Waals surface area contributed by atoms with Gasteiger partial charge in [0.15, 0.2) is 17.5 Å². The minimum Gasteiger partial charge on any atom is -0.333 e. The smallest absolute Gasteiger partial charge is 0.164 e. The van der Waals surface area contributed by atoms with Crippen LogP contribution in [0.3, 0.4) is 0 Å². The zero-order chi connectivity index (χ0) is 29.9. The quantitative estimate of drug-likeness (QED) is 0.203. The topological polar surface area (TPSA) is 43.6 Å². The number of para-hydroxylation sites is 1.